The maximum absolute atomic E-state index is 12.6. The zero-order chi connectivity index (χ0) is 17.3. The largest absolute Gasteiger partial charge is 0.480 e. The van der Waals surface area contributed by atoms with Gasteiger partial charge in [0.05, 0.1) is 6.04 Å². The van der Waals surface area contributed by atoms with Gasteiger partial charge in [0.25, 0.3) is 0 Å². The number of carbonyl (C=O) groups excluding carboxylic acids is 1. The van der Waals surface area contributed by atoms with E-state index in [0.29, 0.717) is 19.5 Å². The Kier molecular flexibility index (Phi) is 9.42. The third-order valence-electron chi connectivity index (χ3n) is 3.80. The predicted molar refractivity (Wildman–Crippen MR) is 89.6 cm³/mol. The first-order valence-corrected chi connectivity index (χ1v) is 7.79. The van der Waals surface area contributed by atoms with Crippen molar-refractivity contribution in [3.63, 3.8) is 0 Å². The van der Waals surface area contributed by atoms with E-state index in [4.69, 9.17) is 0 Å². The van der Waals surface area contributed by atoms with Crippen molar-refractivity contribution in [1.82, 2.24) is 10.2 Å². The minimum atomic E-state index is -0.996. The zero-order valence-corrected chi connectivity index (χ0v) is 14.2. The normalized spacial score (nSPS) is 15.2. The third-order valence-corrected chi connectivity index (χ3v) is 3.80. The zero-order valence-electron chi connectivity index (χ0n) is 14.2. The molecule has 0 aliphatic rings. The van der Waals surface area contributed by atoms with Gasteiger partial charge in [-0.25, -0.2) is 4.79 Å². The second-order valence-corrected chi connectivity index (χ2v) is 5.93. The standard InChI is InChI=1S/C17H30N2O3/c1-7-10-19(11-8-2)15(12(4)5)16(20)18-14(17(21)22)13(6)9-3/h7-8,12-15H,1-2,9-11H2,3-6H3,(H,18,20)(H,21,22). The quantitative estimate of drug-likeness (QED) is 0.575. The van der Waals surface area contributed by atoms with Crippen molar-refractivity contribution in [3.8, 4) is 0 Å². The fraction of sp³-hybridized carbons (Fsp3) is 0.647. The van der Waals surface area contributed by atoms with Crippen LogP contribution in [0.2, 0.25) is 0 Å². The highest BCUT2D eigenvalue weighted by Gasteiger charge is 2.32. The summed E-state index contributed by atoms with van der Waals surface area (Å²) in [7, 11) is 0. The molecular formula is C17H30N2O3. The summed E-state index contributed by atoms with van der Waals surface area (Å²) in [5.41, 5.74) is 0. The summed E-state index contributed by atoms with van der Waals surface area (Å²) in [6.45, 7) is 16.1. The predicted octanol–water partition coefficient (Wildman–Crippen LogP) is 2.30. The van der Waals surface area contributed by atoms with Crippen LogP contribution in [0.15, 0.2) is 25.3 Å². The fourth-order valence-electron chi connectivity index (χ4n) is 2.45. The summed E-state index contributed by atoms with van der Waals surface area (Å²) in [5.74, 6) is -1.33. The lowest BCUT2D eigenvalue weighted by molar-refractivity contribution is -0.144. The van der Waals surface area contributed by atoms with Gasteiger partial charge in [0, 0.05) is 13.1 Å². The van der Waals surface area contributed by atoms with Crippen LogP contribution in [-0.4, -0.2) is 47.1 Å². The first-order chi connectivity index (χ1) is 10.3. The van der Waals surface area contributed by atoms with E-state index in [1.807, 2.05) is 32.6 Å². The van der Waals surface area contributed by atoms with E-state index in [-0.39, 0.29) is 17.7 Å². The Morgan fingerprint density at radius 1 is 1.18 bits per heavy atom. The maximum Gasteiger partial charge on any atom is 0.326 e. The molecule has 5 heteroatoms. The maximum atomic E-state index is 12.6. The summed E-state index contributed by atoms with van der Waals surface area (Å²) >= 11 is 0. The van der Waals surface area contributed by atoms with Gasteiger partial charge in [-0.2, -0.15) is 0 Å². The molecule has 0 fully saturated rings. The summed E-state index contributed by atoms with van der Waals surface area (Å²) in [6.07, 6.45) is 4.15. The van der Waals surface area contributed by atoms with Crippen LogP contribution in [0.1, 0.15) is 34.1 Å². The van der Waals surface area contributed by atoms with Gasteiger partial charge in [0.15, 0.2) is 0 Å². The number of hydrogen-bond donors (Lipinski definition) is 2. The Balaban J connectivity index is 5.23. The molecule has 5 nitrogen and oxygen atoms in total. The Morgan fingerprint density at radius 2 is 1.68 bits per heavy atom. The van der Waals surface area contributed by atoms with Crippen LogP contribution in [0.25, 0.3) is 0 Å². The Morgan fingerprint density at radius 3 is 2.00 bits per heavy atom. The van der Waals surface area contributed by atoms with E-state index in [0.717, 1.165) is 0 Å². The van der Waals surface area contributed by atoms with Gasteiger partial charge in [0.1, 0.15) is 6.04 Å². The van der Waals surface area contributed by atoms with E-state index in [9.17, 15) is 14.7 Å². The molecule has 1 amide bonds. The number of carboxylic acid groups (broad SMARTS) is 1. The van der Waals surface area contributed by atoms with Crippen molar-refractivity contribution >= 4 is 11.9 Å². The van der Waals surface area contributed by atoms with Crippen LogP contribution in [0.5, 0.6) is 0 Å². The molecular weight excluding hydrogens is 280 g/mol. The lowest BCUT2D eigenvalue weighted by atomic mass is 9.96. The van der Waals surface area contributed by atoms with Gasteiger partial charge in [-0.1, -0.05) is 46.3 Å². The topological polar surface area (TPSA) is 69.6 Å². The van der Waals surface area contributed by atoms with Crippen LogP contribution >= 0.6 is 0 Å². The highest BCUT2D eigenvalue weighted by Crippen LogP contribution is 2.14. The minimum Gasteiger partial charge on any atom is -0.480 e. The lowest BCUT2D eigenvalue weighted by Gasteiger charge is -2.33. The summed E-state index contributed by atoms with van der Waals surface area (Å²) in [4.78, 5) is 26.0. The van der Waals surface area contributed by atoms with Crippen molar-refractivity contribution < 1.29 is 14.7 Å². The van der Waals surface area contributed by atoms with Crippen molar-refractivity contribution in [3.05, 3.63) is 25.3 Å². The van der Waals surface area contributed by atoms with Gasteiger partial charge in [-0.05, 0) is 11.8 Å². The molecule has 0 rings (SSSR count). The molecule has 22 heavy (non-hydrogen) atoms. The number of aliphatic carboxylic acids is 1. The molecule has 2 N–H and O–H groups in total. The molecule has 0 radical (unpaired) electrons. The number of rotatable bonds is 11. The van der Waals surface area contributed by atoms with Gasteiger partial charge in [-0.3, -0.25) is 9.69 Å². The SMILES string of the molecule is C=CCN(CC=C)C(C(=O)NC(C(=O)O)C(C)CC)C(C)C. The first-order valence-electron chi connectivity index (χ1n) is 7.79. The third kappa shape index (κ3) is 6.02. The van der Waals surface area contributed by atoms with Gasteiger partial charge < -0.3 is 10.4 Å². The molecule has 0 bridgehead atoms. The molecule has 3 unspecified atom stereocenters. The summed E-state index contributed by atoms with van der Waals surface area (Å²) in [5, 5.41) is 12.0. The fourth-order valence-corrected chi connectivity index (χ4v) is 2.45. The van der Waals surface area contributed by atoms with Crippen LogP contribution in [-0.2, 0) is 9.59 Å². The highest BCUT2D eigenvalue weighted by molar-refractivity contribution is 5.87. The van der Waals surface area contributed by atoms with Gasteiger partial charge in [-0.15, -0.1) is 13.2 Å². The molecule has 0 heterocycles. The average molecular weight is 310 g/mol. The second kappa shape index (κ2) is 10.2. The van der Waals surface area contributed by atoms with E-state index >= 15 is 0 Å². The number of nitrogens with zero attached hydrogens (tertiary/aromatic N) is 1. The van der Waals surface area contributed by atoms with Crippen molar-refractivity contribution in [2.24, 2.45) is 11.8 Å². The van der Waals surface area contributed by atoms with Crippen LogP contribution < -0.4 is 5.32 Å². The molecule has 0 saturated carbocycles. The number of carboxylic acids is 1. The first kappa shape index (κ1) is 20.4. The Labute approximate surface area is 134 Å². The molecule has 126 valence electrons. The minimum absolute atomic E-state index is 0.0475. The molecule has 3 atom stereocenters. The van der Waals surface area contributed by atoms with E-state index in [1.54, 1.807) is 12.2 Å². The molecule has 0 spiro atoms. The Bertz CT molecular complexity index is 383. The molecule has 0 aromatic heterocycles. The molecule has 0 saturated heterocycles. The lowest BCUT2D eigenvalue weighted by Crippen LogP contribution is -2.55. The van der Waals surface area contributed by atoms with Gasteiger partial charge in [0.2, 0.25) is 5.91 Å². The monoisotopic (exact) mass is 310 g/mol. The van der Waals surface area contributed by atoms with E-state index in [2.05, 4.69) is 18.5 Å². The van der Waals surface area contributed by atoms with E-state index in [1.165, 1.54) is 0 Å². The molecule has 0 aromatic carbocycles. The number of amides is 1. The highest BCUT2D eigenvalue weighted by atomic mass is 16.4. The van der Waals surface area contributed by atoms with Gasteiger partial charge >= 0.3 is 5.97 Å². The van der Waals surface area contributed by atoms with Crippen LogP contribution in [0, 0.1) is 11.8 Å². The summed E-state index contributed by atoms with van der Waals surface area (Å²) in [6, 6.07) is -1.28. The molecule has 0 aliphatic heterocycles. The molecule has 0 aromatic rings. The Hall–Kier alpha value is -1.62. The van der Waals surface area contributed by atoms with Crippen molar-refractivity contribution in [1.29, 1.82) is 0 Å². The molecule has 0 aliphatic carbocycles. The number of hydrogen-bond acceptors (Lipinski definition) is 3. The van der Waals surface area contributed by atoms with Crippen LogP contribution in [0.4, 0.5) is 0 Å². The second-order valence-electron chi connectivity index (χ2n) is 5.93. The van der Waals surface area contributed by atoms with Crippen molar-refractivity contribution in [2.45, 2.75) is 46.2 Å². The van der Waals surface area contributed by atoms with Crippen LogP contribution in [0.3, 0.4) is 0 Å². The van der Waals surface area contributed by atoms with E-state index < -0.39 is 18.1 Å². The van der Waals surface area contributed by atoms with Crippen molar-refractivity contribution in [2.75, 3.05) is 13.1 Å². The smallest absolute Gasteiger partial charge is 0.326 e. The number of carbonyl (C=O) groups is 2. The number of nitrogens with one attached hydrogen (secondary N) is 1. The average Bonchev–Trinajstić information content (AvgIpc) is 2.43. The summed E-state index contributed by atoms with van der Waals surface area (Å²) < 4.78 is 0.